The van der Waals surface area contributed by atoms with Crippen LogP contribution in [0.2, 0.25) is 0 Å². The summed E-state index contributed by atoms with van der Waals surface area (Å²) in [6.07, 6.45) is 6.15. The van der Waals surface area contributed by atoms with Crippen LogP contribution in [0.4, 0.5) is 0 Å². The van der Waals surface area contributed by atoms with Gasteiger partial charge in [0.25, 0.3) is 0 Å². The van der Waals surface area contributed by atoms with Crippen LogP contribution in [0.25, 0.3) is 11.2 Å². The number of rotatable bonds is 6. The van der Waals surface area contributed by atoms with Gasteiger partial charge in [-0.15, -0.1) is 0 Å². The van der Waals surface area contributed by atoms with Crippen molar-refractivity contribution in [2.75, 3.05) is 0 Å². The molecule has 6 heteroatoms. The molecule has 0 aromatic carbocycles. The van der Waals surface area contributed by atoms with Crippen LogP contribution in [0.15, 0.2) is 6.33 Å². The molecule has 0 aliphatic carbocycles. The molecule has 0 atom stereocenters. The van der Waals surface area contributed by atoms with Gasteiger partial charge in [0.05, 0.1) is 6.33 Å². The van der Waals surface area contributed by atoms with Gasteiger partial charge in [0.1, 0.15) is 10.2 Å². The van der Waals surface area contributed by atoms with Crippen molar-refractivity contribution in [3.63, 3.8) is 0 Å². The summed E-state index contributed by atoms with van der Waals surface area (Å²) in [5.74, 6) is 0. The molecule has 19 heavy (non-hydrogen) atoms. The first-order valence-electron chi connectivity index (χ1n) is 6.87. The van der Waals surface area contributed by atoms with E-state index in [0.717, 1.165) is 59.3 Å². The third kappa shape index (κ3) is 2.79. The smallest absolute Gasteiger partial charge is 0.182 e. The lowest BCUT2D eigenvalue weighted by Gasteiger charge is -2.14. The molecule has 2 aromatic rings. The van der Waals surface area contributed by atoms with Crippen LogP contribution in [0.5, 0.6) is 0 Å². The van der Waals surface area contributed by atoms with E-state index in [1.54, 1.807) is 6.33 Å². The van der Waals surface area contributed by atoms with Crippen LogP contribution >= 0.6 is 24.4 Å². The summed E-state index contributed by atoms with van der Waals surface area (Å²) in [7, 11) is 0. The summed E-state index contributed by atoms with van der Waals surface area (Å²) in [6.45, 7) is 6.14. The van der Waals surface area contributed by atoms with Crippen LogP contribution in [0, 0.1) is 9.41 Å². The molecular weight excluding hydrogens is 276 g/mol. The maximum Gasteiger partial charge on any atom is 0.182 e. The maximum absolute atomic E-state index is 5.60. The van der Waals surface area contributed by atoms with Crippen LogP contribution in [-0.2, 0) is 13.1 Å². The zero-order chi connectivity index (χ0) is 13.8. The van der Waals surface area contributed by atoms with Gasteiger partial charge in [-0.25, -0.2) is 4.98 Å². The van der Waals surface area contributed by atoms with E-state index in [9.17, 15) is 0 Å². The first-order valence-corrected chi connectivity index (χ1v) is 7.69. The lowest BCUT2D eigenvalue weighted by molar-refractivity contribution is 0.553. The average Bonchev–Trinajstić information content (AvgIpc) is 2.88. The number of unbranched alkanes of at least 4 members (excludes halogenated alkanes) is 2. The number of hydrogen-bond donors (Lipinski definition) is 1. The molecule has 1 N–H and O–H groups in total. The third-order valence-electron chi connectivity index (χ3n) is 3.27. The first kappa shape index (κ1) is 14.4. The van der Waals surface area contributed by atoms with Crippen LogP contribution in [0.3, 0.4) is 0 Å². The van der Waals surface area contributed by atoms with Crippen molar-refractivity contribution in [3.05, 3.63) is 15.7 Å². The fraction of sp³-hybridized carbons (Fsp3) is 0.615. The second kappa shape index (κ2) is 6.43. The van der Waals surface area contributed by atoms with Crippen molar-refractivity contribution in [2.45, 2.75) is 52.6 Å². The minimum absolute atomic E-state index is 0.777. The standard InChI is InChI=1S/C13H20N4S2/c1-3-5-7-16-11-10(14-9-15-11)12(18)17(13(16)19)8-6-4-2/h9H,3-8H2,1-2H3,(H,14,15). The van der Waals surface area contributed by atoms with Gasteiger partial charge in [0, 0.05) is 13.1 Å². The first-order chi connectivity index (χ1) is 9.20. The number of aromatic nitrogens is 4. The van der Waals surface area contributed by atoms with Gasteiger partial charge in [0.2, 0.25) is 0 Å². The fourth-order valence-corrected chi connectivity index (χ4v) is 2.88. The molecule has 2 heterocycles. The van der Waals surface area contributed by atoms with Gasteiger partial charge in [-0.1, -0.05) is 38.9 Å². The van der Waals surface area contributed by atoms with Crippen LogP contribution in [0.1, 0.15) is 39.5 Å². The van der Waals surface area contributed by atoms with Crippen molar-refractivity contribution in [1.82, 2.24) is 19.1 Å². The van der Waals surface area contributed by atoms with Crippen molar-refractivity contribution >= 4 is 35.6 Å². The average molecular weight is 296 g/mol. The van der Waals surface area contributed by atoms with Crippen molar-refractivity contribution < 1.29 is 0 Å². The van der Waals surface area contributed by atoms with E-state index in [1.165, 1.54) is 0 Å². The zero-order valence-corrected chi connectivity index (χ0v) is 13.1. The quantitative estimate of drug-likeness (QED) is 0.811. The van der Waals surface area contributed by atoms with E-state index in [1.807, 2.05) is 0 Å². The summed E-state index contributed by atoms with van der Waals surface area (Å²) in [5.41, 5.74) is 1.81. The predicted octanol–water partition coefficient (Wildman–Crippen LogP) is 4.23. The number of H-pyrrole nitrogens is 1. The highest BCUT2D eigenvalue weighted by atomic mass is 32.1. The Morgan fingerprint density at radius 1 is 1.11 bits per heavy atom. The molecule has 0 unspecified atom stereocenters. The molecule has 0 saturated heterocycles. The minimum atomic E-state index is 0.777. The molecule has 0 fully saturated rings. The summed E-state index contributed by atoms with van der Waals surface area (Å²) in [6, 6.07) is 0. The SMILES string of the molecule is CCCCn1c(=S)c2[nH]cnc2n(CCCC)c1=S. The highest BCUT2D eigenvalue weighted by molar-refractivity contribution is 7.72. The molecule has 0 aliphatic rings. The molecule has 0 saturated carbocycles. The zero-order valence-electron chi connectivity index (χ0n) is 11.5. The van der Waals surface area contributed by atoms with E-state index >= 15 is 0 Å². The van der Waals surface area contributed by atoms with Gasteiger partial charge in [0.15, 0.2) is 10.4 Å². The van der Waals surface area contributed by atoms with Gasteiger partial charge in [-0.3, -0.25) is 0 Å². The molecule has 0 bridgehead atoms. The van der Waals surface area contributed by atoms with E-state index in [-0.39, 0.29) is 0 Å². The third-order valence-corrected chi connectivity index (χ3v) is 4.13. The van der Waals surface area contributed by atoms with Crippen molar-refractivity contribution in [3.8, 4) is 0 Å². The number of nitrogens with zero attached hydrogens (tertiary/aromatic N) is 3. The van der Waals surface area contributed by atoms with E-state index < -0.39 is 0 Å². The fourth-order valence-electron chi connectivity index (χ4n) is 2.14. The Bertz CT molecular complexity index is 665. The largest absolute Gasteiger partial charge is 0.341 e. The minimum Gasteiger partial charge on any atom is -0.341 e. The van der Waals surface area contributed by atoms with Gasteiger partial charge < -0.3 is 14.1 Å². The second-order valence-electron chi connectivity index (χ2n) is 4.70. The number of nitrogens with one attached hydrogen (secondary N) is 1. The summed E-state index contributed by atoms with van der Waals surface area (Å²) < 4.78 is 5.74. The van der Waals surface area contributed by atoms with Gasteiger partial charge in [-0.05, 0) is 25.1 Å². The van der Waals surface area contributed by atoms with E-state index in [2.05, 4.69) is 32.9 Å². The van der Waals surface area contributed by atoms with Crippen LogP contribution < -0.4 is 0 Å². The summed E-state index contributed by atoms with van der Waals surface area (Å²) >= 11 is 11.1. The lowest BCUT2D eigenvalue weighted by Crippen LogP contribution is -2.13. The molecule has 2 aromatic heterocycles. The normalized spacial score (nSPS) is 11.3. The Morgan fingerprint density at radius 2 is 1.74 bits per heavy atom. The Balaban J connectivity index is 2.61. The van der Waals surface area contributed by atoms with Gasteiger partial charge >= 0.3 is 0 Å². The lowest BCUT2D eigenvalue weighted by atomic mass is 10.3. The second-order valence-corrected chi connectivity index (χ2v) is 5.45. The predicted molar refractivity (Wildman–Crippen MR) is 83.6 cm³/mol. The number of hydrogen-bond acceptors (Lipinski definition) is 3. The highest BCUT2D eigenvalue weighted by Gasteiger charge is 2.09. The molecular formula is C13H20N4S2. The molecule has 0 spiro atoms. The molecule has 4 nitrogen and oxygen atoms in total. The Kier molecular flexibility index (Phi) is 4.87. The number of imidazole rings is 1. The van der Waals surface area contributed by atoms with Crippen molar-refractivity contribution in [2.24, 2.45) is 0 Å². The highest BCUT2D eigenvalue weighted by Crippen LogP contribution is 2.15. The Labute approximate surface area is 123 Å². The molecule has 0 aliphatic heterocycles. The van der Waals surface area contributed by atoms with E-state index in [0.29, 0.717) is 0 Å². The van der Waals surface area contributed by atoms with Crippen molar-refractivity contribution in [1.29, 1.82) is 0 Å². The van der Waals surface area contributed by atoms with Crippen LogP contribution in [-0.4, -0.2) is 19.1 Å². The monoisotopic (exact) mass is 296 g/mol. The molecule has 104 valence electrons. The Hall–Kier alpha value is -1.01. The maximum atomic E-state index is 5.60. The topological polar surface area (TPSA) is 38.5 Å². The number of fused-ring (bicyclic) bond motifs is 1. The number of aromatic amines is 1. The number of aryl methyl sites for hydroxylation is 1. The molecule has 0 radical (unpaired) electrons. The molecule has 0 amide bonds. The summed E-state index contributed by atoms with van der Waals surface area (Å²) in [5, 5.41) is 0. The summed E-state index contributed by atoms with van der Waals surface area (Å²) in [4.78, 5) is 7.52. The van der Waals surface area contributed by atoms with E-state index in [4.69, 9.17) is 24.4 Å². The molecule has 2 rings (SSSR count). The van der Waals surface area contributed by atoms with Gasteiger partial charge in [-0.2, -0.15) is 0 Å². The Morgan fingerprint density at radius 3 is 2.37 bits per heavy atom.